The summed E-state index contributed by atoms with van der Waals surface area (Å²) in [6, 6.07) is 0. The second kappa shape index (κ2) is 4.23. The zero-order chi connectivity index (χ0) is 8.97. The third kappa shape index (κ3) is 2.06. The smallest absolute Gasteiger partial charge is 0.108 e. The van der Waals surface area contributed by atoms with E-state index in [0.717, 1.165) is 12.2 Å². The molecule has 1 aromatic rings. The van der Waals surface area contributed by atoms with Gasteiger partial charge in [0.15, 0.2) is 0 Å². The molecule has 0 fully saturated rings. The molecule has 0 radical (unpaired) electrons. The van der Waals surface area contributed by atoms with Crippen molar-refractivity contribution in [1.29, 1.82) is 0 Å². The zero-order valence-electron chi connectivity index (χ0n) is 7.14. The lowest BCUT2D eigenvalue weighted by atomic mass is 10.3. The van der Waals surface area contributed by atoms with E-state index in [1.807, 2.05) is 11.5 Å². The predicted octanol–water partition coefficient (Wildman–Crippen LogP) is -0.201. The summed E-state index contributed by atoms with van der Waals surface area (Å²) < 4.78 is 1.85. The quantitative estimate of drug-likeness (QED) is 0.658. The molecule has 0 spiro atoms. The highest BCUT2D eigenvalue weighted by atomic mass is 16.3. The summed E-state index contributed by atoms with van der Waals surface area (Å²) >= 11 is 0. The van der Waals surface area contributed by atoms with Gasteiger partial charge in [0, 0.05) is 18.8 Å². The lowest BCUT2D eigenvalue weighted by Gasteiger charge is -2.09. The maximum absolute atomic E-state index is 9.15. The number of aryl methyl sites for hydroxylation is 1. The van der Waals surface area contributed by atoms with Gasteiger partial charge >= 0.3 is 0 Å². The van der Waals surface area contributed by atoms with E-state index in [2.05, 4.69) is 4.98 Å². The van der Waals surface area contributed by atoms with Crippen molar-refractivity contribution in [3.05, 3.63) is 18.2 Å². The third-order valence-electron chi connectivity index (χ3n) is 1.74. The first kappa shape index (κ1) is 9.22. The Morgan fingerprint density at radius 3 is 3.00 bits per heavy atom. The summed E-state index contributed by atoms with van der Waals surface area (Å²) in [6.45, 7) is 2.21. The molecule has 0 aliphatic heterocycles. The summed E-state index contributed by atoms with van der Waals surface area (Å²) in [6.07, 6.45) is 3.65. The Bertz CT molecular complexity index is 235. The van der Waals surface area contributed by atoms with Gasteiger partial charge in [-0.25, -0.2) is 4.98 Å². The molecule has 1 rings (SSSR count). The second-order valence-electron chi connectivity index (χ2n) is 2.69. The summed E-state index contributed by atoms with van der Waals surface area (Å²) in [7, 11) is 0. The second-order valence-corrected chi connectivity index (χ2v) is 2.69. The van der Waals surface area contributed by atoms with Crippen molar-refractivity contribution in [1.82, 2.24) is 9.55 Å². The maximum Gasteiger partial charge on any atom is 0.108 e. The molecule has 0 bridgehead atoms. The van der Waals surface area contributed by atoms with Crippen LogP contribution in [-0.4, -0.2) is 32.5 Å². The molecule has 68 valence electrons. The molecule has 1 heterocycles. The van der Waals surface area contributed by atoms with Crippen molar-refractivity contribution < 1.29 is 10.2 Å². The van der Waals surface area contributed by atoms with Crippen molar-refractivity contribution >= 4 is 0 Å². The average Bonchev–Trinajstić information content (AvgIpc) is 2.51. The summed E-state index contributed by atoms with van der Waals surface area (Å²) in [5.41, 5.74) is 0. The molecule has 4 heteroatoms. The fraction of sp³-hybridized carbons (Fsp3) is 0.625. The summed E-state index contributed by atoms with van der Waals surface area (Å²) in [5.74, 6) is 0.933. The highest BCUT2D eigenvalue weighted by Crippen LogP contribution is 1.99. The monoisotopic (exact) mass is 170 g/mol. The van der Waals surface area contributed by atoms with E-state index in [1.165, 1.54) is 0 Å². The van der Waals surface area contributed by atoms with Crippen LogP contribution in [0.25, 0.3) is 0 Å². The van der Waals surface area contributed by atoms with Gasteiger partial charge in [-0.3, -0.25) is 0 Å². The van der Waals surface area contributed by atoms with Crippen molar-refractivity contribution in [2.24, 2.45) is 0 Å². The SMILES string of the molecule is CCc1nccn1CC(O)CO. The lowest BCUT2D eigenvalue weighted by molar-refractivity contribution is 0.0805. The van der Waals surface area contributed by atoms with E-state index in [1.54, 1.807) is 12.4 Å². The molecule has 12 heavy (non-hydrogen) atoms. The number of aliphatic hydroxyl groups excluding tert-OH is 2. The normalized spacial score (nSPS) is 13.2. The number of rotatable bonds is 4. The van der Waals surface area contributed by atoms with Crippen molar-refractivity contribution in [3.8, 4) is 0 Å². The van der Waals surface area contributed by atoms with Crippen LogP contribution in [0.4, 0.5) is 0 Å². The van der Waals surface area contributed by atoms with E-state index in [0.29, 0.717) is 6.54 Å². The van der Waals surface area contributed by atoms with Gasteiger partial charge in [0.2, 0.25) is 0 Å². The molecule has 0 saturated heterocycles. The van der Waals surface area contributed by atoms with Crippen LogP contribution in [0.5, 0.6) is 0 Å². The number of hydrogen-bond acceptors (Lipinski definition) is 3. The fourth-order valence-corrected chi connectivity index (χ4v) is 1.11. The molecule has 4 nitrogen and oxygen atoms in total. The zero-order valence-corrected chi connectivity index (χ0v) is 7.14. The van der Waals surface area contributed by atoms with Crippen molar-refractivity contribution in [3.63, 3.8) is 0 Å². The predicted molar refractivity (Wildman–Crippen MR) is 44.7 cm³/mol. The molecule has 0 saturated carbocycles. The molecule has 2 N–H and O–H groups in total. The van der Waals surface area contributed by atoms with Crippen molar-refractivity contribution in [2.45, 2.75) is 26.0 Å². The standard InChI is InChI=1S/C8H14N2O2/c1-2-8-9-3-4-10(8)5-7(12)6-11/h3-4,7,11-12H,2,5-6H2,1H3. The first-order valence-corrected chi connectivity index (χ1v) is 4.06. The van der Waals surface area contributed by atoms with Crippen LogP contribution in [0.15, 0.2) is 12.4 Å². The van der Waals surface area contributed by atoms with Gasteiger partial charge in [-0.05, 0) is 0 Å². The number of nitrogens with zero attached hydrogens (tertiary/aromatic N) is 2. The Kier molecular flexibility index (Phi) is 3.25. The van der Waals surface area contributed by atoms with Crippen LogP contribution in [0.2, 0.25) is 0 Å². The molecule has 1 unspecified atom stereocenters. The Balaban J connectivity index is 2.61. The van der Waals surface area contributed by atoms with E-state index in [9.17, 15) is 0 Å². The Labute approximate surface area is 71.5 Å². The number of aromatic nitrogens is 2. The topological polar surface area (TPSA) is 58.3 Å². The van der Waals surface area contributed by atoms with Gasteiger partial charge in [-0.2, -0.15) is 0 Å². The molecular weight excluding hydrogens is 156 g/mol. The minimum absolute atomic E-state index is 0.207. The van der Waals surface area contributed by atoms with Crippen LogP contribution in [0.1, 0.15) is 12.7 Å². The summed E-state index contributed by atoms with van der Waals surface area (Å²) in [4.78, 5) is 4.09. The van der Waals surface area contributed by atoms with Crippen LogP contribution >= 0.6 is 0 Å². The minimum atomic E-state index is -0.690. The van der Waals surface area contributed by atoms with E-state index >= 15 is 0 Å². The van der Waals surface area contributed by atoms with Gasteiger partial charge in [0.25, 0.3) is 0 Å². The molecule has 0 aliphatic rings. The van der Waals surface area contributed by atoms with Crippen molar-refractivity contribution in [2.75, 3.05) is 6.61 Å². The van der Waals surface area contributed by atoms with Gasteiger partial charge in [-0.1, -0.05) is 6.92 Å². The first-order chi connectivity index (χ1) is 5.77. The largest absolute Gasteiger partial charge is 0.394 e. The third-order valence-corrected chi connectivity index (χ3v) is 1.74. The van der Waals surface area contributed by atoms with E-state index < -0.39 is 6.10 Å². The van der Waals surface area contributed by atoms with Crippen LogP contribution in [0, 0.1) is 0 Å². The van der Waals surface area contributed by atoms with Crippen LogP contribution in [0.3, 0.4) is 0 Å². The van der Waals surface area contributed by atoms with Gasteiger partial charge < -0.3 is 14.8 Å². The van der Waals surface area contributed by atoms with Gasteiger partial charge in [0.1, 0.15) is 5.82 Å². The molecule has 0 amide bonds. The molecule has 1 atom stereocenters. The number of imidazole rings is 1. The summed E-state index contributed by atoms with van der Waals surface area (Å²) in [5, 5.41) is 17.8. The Morgan fingerprint density at radius 2 is 2.42 bits per heavy atom. The molecule has 0 aliphatic carbocycles. The highest BCUT2D eigenvalue weighted by Gasteiger charge is 2.05. The van der Waals surface area contributed by atoms with Crippen LogP contribution < -0.4 is 0 Å². The first-order valence-electron chi connectivity index (χ1n) is 4.06. The number of hydrogen-bond donors (Lipinski definition) is 2. The highest BCUT2D eigenvalue weighted by molar-refractivity contribution is 4.91. The number of aliphatic hydroxyl groups is 2. The fourth-order valence-electron chi connectivity index (χ4n) is 1.11. The Morgan fingerprint density at radius 1 is 1.67 bits per heavy atom. The lowest BCUT2D eigenvalue weighted by Crippen LogP contribution is -2.20. The van der Waals surface area contributed by atoms with E-state index in [-0.39, 0.29) is 6.61 Å². The molecular formula is C8H14N2O2. The molecule has 1 aromatic heterocycles. The van der Waals surface area contributed by atoms with Gasteiger partial charge in [0.05, 0.1) is 19.3 Å². The maximum atomic E-state index is 9.15. The van der Waals surface area contributed by atoms with Gasteiger partial charge in [-0.15, -0.1) is 0 Å². The average molecular weight is 170 g/mol. The van der Waals surface area contributed by atoms with E-state index in [4.69, 9.17) is 10.2 Å². The minimum Gasteiger partial charge on any atom is -0.394 e. The van der Waals surface area contributed by atoms with Crippen LogP contribution in [-0.2, 0) is 13.0 Å². The molecule has 0 aromatic carbocycles. The Hall–Kier alpha value is -0.870.